The number of carbonyl (C=O) groups is 4. The predicted octanol–water partition coefficient (Wildman–Crippen LogP) is 3.00. The molecule has 4 amide bonds. The molecule has 2 aliphatic carbocycles. The Hall–Kier alpha value is -2.88. The minimum atomic E-state index is -2.56. The van der Waals surface area contributed by atoms with Crippen LogP contribution in [0.25, 0.3) is 0 Å². The molecule has 10 heteroatoms. The lowest BCUT2D eigenvalue weighted by atomic mass is 9.86. The van der Waals surface area contributed by atoms with Crippen LogP contribution < -0.4 is 15.5 Å². The molecule has 0 radical (unpaired) electrons. The second-order valence-corrected chi connectivity index (χ2v) is 10.5. The Morgan fingerprint density at radius 3 is 2.39 bits per heavy atom. The Labute approximate surface area is 208 Å². The van der Waals surface area contributed by atoms with Gasteiger partial charge in [-0.05, 0) is 50.3 Å². The van der Waals surface area contributed by atoms with E-state index in [4.69, 9.17) is 0 Å². The molecule has 194 valence electrons. The van der Waals surface area contributed by atoms with Crippen LogP contribution in [0.4, 0.5) is 14.5 Å². The Morgan fingerprint density at radius 1 is 0.972 bits per heavy atom. The molecule has 4 aliphatic rings. The van der Waals surface area contributed by atoms with Crippen molar-refractivity contribution < 1.29 is 28.0 Å². The van der Waals surface area contributed by atoms with Crippen LogP contribution in [0.3, 0.4) is 0 Å². The lowest BCUT2D eigenvalue weighted by Crippen LogP contribution is -2.54. The first-order valence-electron chi connectivity index (χ1n) is 12.9. The predicted molar refractivity (Wildman–Crippen MR) is 128 cm³/mol. The number of alkyl halides is 2. The van der Waals surface area contributed by atoms with E-state index in [0.717, 1.165) is 36.3 Å². The van der Waals surface area contributed by atoms with Crippen LogP contribution in [0.15, 0.2) is 18.2 Å². The standard InChI is InChI=1S/C26H32F2N4O4/c1-31(20-5-3-2-4-19(20)29-15-10-12-26(27,28)13-11-15)16-6-7-17-18(14-16)25(36)32(24(17)35)21-8-9-22(33)30-23(21)34/h6-7,14-15,19-21,29H,2-5,8-13H2,1H3,(H,30,33,34)/t19-,20-,21?/m1/s1. The topological polar surface area (TPSA) is 98.8 Å². The summed E-state index contributed by atoms with van der Waals surface area (Å²) in [5, 5.41) is 5.86. The molecule has 0 bridgehead atoms. The Kier molecular flexibility index (Phi) is 6.57. The molecule has 8 nitrogen and oxygen atoms in total. The maximum atomic E-state index is 13.6. The van der Waals surface area contributed by atoms with Crippen molar-refractivity contribution in [1.82, 2.24) is 15.5 Å². The highest BCUT2D eigenvalue weighted by Crippen LogP contribution is 2.36. The van der Waals surface area contributed by atoms with Gasteiger partial charge in [0.2, 0.25) is 17.7 Å². The summed E-state index contributed by atoms with van der Waals surface area (Å²) >= 11 is 0. The molecule has 1 aromatic carbocycles. The number of fused-ring (bicyclic) bond motifs is 1. The van der Waals surface area contributed by atoms with Gasteiger partial charge >= 0.3 is 0 Å². The van der Waals surface area contributed by atoms with E-state index in [-0.39, 0.29) is 54.9 Å². The average molecular weight is 503 g/mol. The fraction of sp³-hybridized carbons (Fsp3) is 0.615. The second kappa shape index (κ2) is 9.53. The SMILES string of the molecule is CN(c1ccc2c(c1)C(=O)N(C1CCC(=O)NC1=O)C2=O)[C@@H]1CCCC[C@H]1NC1CCC(F)(F)CC1. The lowest BCUT2D eigenvalue weighted by molar-refractivity contribution is -0.136. The smallest absolute Gasteiger partial charge is 0.262 e. The van der Waals surface area contributed by atoms with Crippen LogP contribution in [0.5, 0.6) is 0 Å². The van der Waals surface area contributed by atoms with Crippen LogP contribution in [-0.4, -0.2) is 65.7 Å². The van der Waals surface area contributed by atoms with E-state index in [9.17, 15) is 28.0 Å². The number of amides is 4. The summed E-state index contributed by atoms with van der Waals surface area (Å²) in [5.74, 6) is -4.65. The van der Waals surface area contributed by atoms with Crippen molar-refractivity contribution in [2.75, 3.05) is 11.9 Å². The van der Waals surface area contributed by atoms with Crippen molar-refractivity contribution >= 4 is 29.3 Å². The van der Waals surface area contributed by atoms with E-state index in [1.165, 1.54) is 0 Å². The first-order chi connectivity index (χ1) is 17.1. The summed E-state index contributed by atoms with van der Waals surface area (Å²) in [5.41, 5.74) is 1.29. The van der Waals surface area contributed by atoms with Crippen molar-refractivity contribution in [3.05, 3.63) is 29.3 Å². The molecule has 2 N–H and O–H groups in total. The number of halogens is 2. The number of hydrogen-bond donors (Lipinski definition) is 2. The van der Waals surface area contributed by atoms with Crippen molar-refractivity contribution in [3.63, 3.8) is 0 Å². The van der Waals surface area contributed by atoms with Crippen LogP contribution in [0, 0.1) is 0 Å². The Morgan fingerprint density at radius 2 is 1.67 bits per heavy atom. The zero-order valence-corrected chi connectivity index (χ0v) is 20.4. The number of anilines is 1. The van der Waals surface area contributed by atoms with Gasteiger partial charge in [0.1, 0.15) is 6.04 Å². The second-order valence-electron chi connectivity index (χ2n) is 10.5. The number of benzene rings is 1. The third-order valence-electron chi connectivity index (χ3n) is 8.22. The van der Waals surface area contributed by atoms with Crippen molar-refractivity contribution in [3.8, 4) is 0 Å². The fourth-order valence-corrected chi connectivity index (χ4v) is 6.15. The number of nitrogens with zero attached hydrogens (tertiary/aromatic N) is 2. The number of carbonyl (C=O) groups excluding carboxylic acids is 4. The Bertz CT molecular complexity index is 1080. The largest absolute Gasteiger partial charge is 0.370 e. The molecule has 3 atom stereocenters. The number of piperidine rings is 1. The first-order valence-corrected chi connectivity index (χ1v) is 12.9. The van der Waals surface area contributed by atoms with Gasteiger partial charge in [0.15, 0.2) is 0 Å². The summed E-state index contributed by atoms with van der Waals surface area (Å²) in [6, 6.07) is 4.49. The van der Waals surface area contributed by atoms with Crippen LogP contribution >= 0.6 is 0 Å². The molecule has 3 fully saturated rings. The molecule has 2 heterocycles. The number of likely N-dealkylation sites (N-methyl/N-ethyl adjacent to an activating group) is 1. The summed E-state index contributed by atoms with van der Waals surface area (Å²) < 4.78 is 27.2. The molecule has 36 heavy (non-hydrogen) atoms. The number of rotatable bonds is 5. The lowest BCUT2D eigenvalue weighted by Gasteiger charge is -2.42. The highest BCUT2D eigenvalue weighted by molar-refractivity contribution is 6.23. The summed E-state index contributed by atoms with van der Waals surface area (Å²) in [4.78, 5) is 53.1. The van der Waals surface area contributed by atoms with Gasteiger partial charge in [0.05, 0.1) is 11.1 Å². The summed E-state index contributed by atoms with van der Waals surface area (Å²) in [6.45, 7) is 0. The van der Waals surface area contributed by atoms with Crippen molar-refractivity contribution in [2.24, 2.45) is 0 Å². The molecule has 0 spiro atoms. The quantitative estimate of drug-likeness (QED) is 0.601. The van der Waals surface area contributed by atoms with E-state index < -0.39 is 35.6 Å². The van der Waals surface area contributed by atoms with Gasteiger partial charge in [-0.1, -0.05) is 12.8 Å². The maximum Gasteiger partial charge on any atom is 0.262 e. The van der Waals surface area contributed by atoms with E-state index in [2.05, 4.69) is 15.5 Å². The van der Waals surface area contributed by atoms with Crippen LogP contribution in [0.2, 0.25) is 0 Å². The van der Waals surface area contributed by atoms with Crippen molar-refractivity contribution in [1.29, 1.82) is 0 Å². The number of nitrogens with one attached hydrogen (secondary N) is 2. The monoisotopic (exact) mass is 502 g/mol. The minimum Gasteiger partial charge on any atom is -0.370 e. The highest BCUT2D eigenvalue weighted by atomic mass is 19.3. The van der Waals surface area contributed by atoms with Gasteiger partial charge in [0.25, 0.3) is 11.8 Å². The summed E-state index contributed by atoms with van der Waals surface area (Å²) in [7, 11) is 1.96. The normalized spacial score (nSPS) is 28.8. The maximum absolute atomic E-state index is 13.6. The van der Waals surface area contributed by atoms with Gasteiger partial charge in [-0.2, -0.15) is 0 Å². The molecule has 2 saturated carbocycles. The first kappa shape index (κ1) is 24.8. The molecule has 0 aromatic heterocycles. The highest BCUT2D eigenvalue weighted by Gasteiger charge is 2.45. The third-order valence-corrected chi connectivity index (χ3v) is 8.22. The fourth-order valence-electron chi connectivity index (χ4n) is 6.15. The average Bonchev–Trinajstić information content (AvgIpc) is 3.10. The zero-order chi connectivity index (χ0) is 25.6. The van der Waals surface area contributed by atoms with E-state index in [1.54, 1.807) is 12.1 Å². The molecule has 5 rings (SSSR count). The minimum absolute atomic E-state index is 0.0740. The van der Waals surface area contributed by atoms with E-state index in [0.29, 0.717) is 12.8 Å². The van der Waals surface area contributed by atoms with Gasteiger partial charge < -0.3 is 10.2 Å². The molecule has 1 unspecified atom stereocenters. The van der Waals surface area contributed by atoms with E-state index >= 15 is 0 Å². The van der Waals surface area contributed by atoms with E-state index in [1.807, 2.05) is 13.1 Å². The molecule has 2 aliphatic heterocycles. The molecule has 1 saturated heterocycles. The van der Waals surface area contributed by atoms with Gasteiger partial charge in [-0.3, -0.25) is 29.4 Å². The summed E-state index contributed by atoms with van der Waals surface area (Å²) in [6.07, 6.45) is 4.97. The van der Waals surface area contributed by atoms with Crippen molar-refractivity contribution in [2.45, 2.75) is 94.3 Å². The van der Waals surface area contributed by atoms with Crippen LogP contribution in [-0.2, 0) is 9.59 Å². The number of hydrogen-bond acceptors (Lipinski definition) is 6. The van der Waals surface area contributed by atoms with Gasteiger partial charge in [-0.25, -0.2) is 8.78 Å². The Balaban J connectivity index is 1.32. The van der Waals surface area contributed by atoms with Gasteiger partial charge in [-0.15, -0.1) is 0 Å². The number of imide groups is 2. The zero-order valence-electron chi connectivity index (χ0n) is 20.4. The molecule has 1 aromatic rings. The van der Waals surface area contributed by atoms with Gasteiger partial charge in [0, 0.05) is 50.1 Å². The molecular formula is C26H32F2N4O4. The third kappa shape index (κ3) is 4.63. The molecular weight excluding hydrogens is 470 g/mol. The van der Waals surface area contributed by atoms with Crippen LogP contribution in [0.1, 0.15) is 84.9 Å².